The fourth-order valence-corrected chi connectivity index (χ4v) is 2.44. The highest BCUT2D eigenvalue weighted by atomic mass is 16.5. The highest BCUT2D eigenvalue weighted by Gasteiger charge is 2.21. The van der Waals surface area contributed by atoms with Gasteiger partial charge in [0.15, 0.2) is 0 Å². The molecule has 1 aromatic heterocycles. The second-order valence-electron chi connectivity index (χ2n) is 4.80. The summed E-state index contributed by atoms with van der Waals surface area (Å²) in [4.78, 5) is 18.4. The van der Waals surface area contributed by atoms with Gasteiger partial charge in [0.1, 0.15) is 0 Å². The van der Waals surface area contributed by atoms with Crippen molar-refractivity contribution in [1.29, 1.82) is 0 Å². The van der Waals surface area contributed by atoms with Gasteiger partial charge in [-0.05, 0) is 38.4 Å². The van der Waals surface area contributed by atoms with Gasteiger partial charge in [0.05, 0.1) is 18.4 Å². The fraction of sp³-hybridized carbons (Fsp3) is 0.571. The van der Waals surface area contributed by atoms with Gasteiger partial charge in [0, 0.05) is 18.8 Å². The van der Waals surface area contributed by atoms with Crippen LogP contribution in [0.2, 0.25) is 0 Å². The summed E-state index contributed by atoms with van der Waals surface area (Å²) in [5, 5.41) is 0. The molecule has 2 heterocycles. The molecule has 2 rings (SSSR count). The number of pyridine rings is 1. The standard InChI is InChI=1S/C14H20N2O2/c1-11-6-3-4-9-16(11)10-13-12(14(17)18-2)7-5-8-15-13/h5,7-8,11H,3-4,6,9-10H2,1-2H3. The maximum atomic E-state index is 11.7. The molecule has 1 aliphatic rings. The highest BCUT2D eigenvalue weighted by Crippen LogP contribution is 2.19. The minimum Gasteiger partial charge on any atom is -0.465 e. The lowest BCUT2D eigenvalue weighted by Gasteiger charge is -2.33. The van der Waals surface area contributed by atoms with Crippen LogP contribution in [0.15, 0.2) is 18.3 Å². The topological polar surface area (TPSA) is 42.4 Å². The van der Waals surface area contributed by atoms with Gasteiger partial charge < -0.3 is 4.74 Å². The monoisotopic (exact) mass is 248 g/mol. The van der Waals surface area contributed by atoms with Gasteiger partial charge in [0.2, 0.25) is 0 Å². The molecule has 4 nitrogen and oxygen atoms in total. The number of carbonyl (C=O) groups excluding carboxylic acids is 1. The molecule has 1 atom stereocenters. The fourth-order valence-electron chi connectivity index (χ4n) is 2.44. The first-order chi connectivity index (χ1) is 8.72. The first-order valence-electron chi connectivity index (χ1n) is 6.48. The summed E-state index contributed by atoms with van der Waals surface area (Å²) in [6.07, 6.45) is 5.48. The summed E-state index contributed by atoms with van der Waals surface area (Å²) in [5.74, 6) is -0.303. The van der Waals surface area contributed by atoms with E-state index in [0.29, 0.717) is 11.6 Å². The van der Waals surface area contributed by atoms with E-state index in [4.69, 9.17) is 4.74 Å². The van der Waals surface area contributed by atoms with E-state index in [1.165, 1.54) is 26.4 Å². The summed E-state index contributed by atoms with van der Waals surface area (Å²) in [6.45, 7) is 4.05. The molecule has 98 valence electrons. The second-order valence-corrected chi connectivity index (χ2v) is 4.80. The van der Waals surface area contributed by atoms with Crippen molar-refractivity contribution in [2.45, 2.75) is 38.8 Å². The molecule has 0 aliphatic carbocycles. The minimum atomic E-state index is -0.303. The molecular formula is C14H20N2O2. The number of carbonyl (C=O) groups is 1. The molecule has 0 bridgehead atoms. The summed E-state index contributed by atoms with van der Waals surface area (Å²) in [5.41, 5.74) is 1.40. The molecule has 1 unspecified atom stereocenters. The molecule has 1 saturated heterocycles. The normalized spacial score (nSPS) is 20.7. The third-order valence-electron chi connectivity index (χ3n) is 3.59. The third kappa shape index (κ3) is 2.88. The van der Waals surface area contributed by atoms with E-state index < -0.39 is 0 Å². The second kappa shape index (κ2) is 5.96. The Bertz CT molecular complexity index is 420. The lowest BCUT2D eigenvalue weighted by Crippen LogP contribution is -2.37. The van der Waals surface area contributed by atoms with Crippen LogP contribution in [0.25, 0.3) is 0 Å². The van der Waals surface area contributed by atoms with E-state index in [1.807, 2.05) is 0 Å². The number of aromatic nitrogens is 1. The third-order valence-corrected chi connectivity index (χ3v) is 3.59. The Labute approximate surface area is 108 Å². The van der Waals surface area contributed by atoms with Crippen LogP contribution < -0.4 is 0 Å². The number of methoxy groups -OCH3 is 1. The molecular weight excluding hydrogens is 228 g/mol. The van der Waals surface area contributed by atoms with Crippen LogP contribution in [0.5, 0.6) is 0 Å². The Morgan fingerprint density at radius 1 is 1.56 bits per heavy atom. The lowest BCUT2D eigenvalue weighted by atomic mass is 10.0. The van der Waals surface area contributed by atoms with Gasteiger partial charge in [-0.2, -0.15) is 0 Å². The van der Waals surface area contributed by atoms with Crippen LogP contribution in [0.4, 0.5) is 0 Å². The molecule has 1 aromatic rings. The number of likely N-dealkylation sites (tertiary alicyclic amines) is 1. The van der Waals surface area contributed by atoms with Crippen LogP contribution in [0.1, 0.15) is 42.2 Å². The van der Waals surface area contributed by atoms with Gasteiger partial charge in [-0.3, -0.25) is 9.88 Å². The Morgan fingerprint density at radius 2 is 2.39 bits per heavy atom. The van der Waals surface area contributed by atoms with E-state index in [1.54, 1.807) is 18.3 Å². The average Bonchev–Trinajstić information content (AvgIpc) is 2.41. The van der Waals surface area contributed by atoms with Crippen molar-refractivity contribution in [1.82, 2.24) is 9.88 Å². The Morgan fingerprint density at radius 3 is 3.11 bits per heavy atom. The van der Waals surface area contributed by atoms with Crippen molar-refractivity contribution >= 4 is 5.97 Å². The number of esters is 1. The molecule has 0 amide bonds. The molecule has 18 heavy (non-hydrogen) atoms. The van der Waals surface area contributed by atoms with E-state index in [2.05, 4.69) is 16.8 Å². The Kier molecular flexibility index (Phi) is 4.31. The van der Waals surface area contributed by atoms with Crippen molar-refractivity contribution < 1.29 is 9.53 Å². The Hall–Kier alpha value is -1.42. The van der Waals surface area contributed by atoms with Crippen LogP contribution in [0.3, 0.4) is 0 Å². The number of rotatable bonds is 3. The smallest absolute Gasteiger partial charge is 0.339 e. The SMILES string of the molecule is COC(=O)c1cccnc1CN1CCCCC1C. The molecule has 0 saturated carbocycles. The van der Waals surface area contributed by atoms with Gasteiger partial charge in [0.25, 0.3) is 0 Å². The molecule has 0 N–H and O–H groups in total. The number of piperidine rings is 1. The highest BCUT2D eigenvalue weighted by molar-refractivity contribution is 5.90. The predicted octanol–water partition coefficient (Wildman–Crippen LogP) is 2.24. The number of nitrogens with zero attached hydrogens (tertiary/aromatic N) is 2. The van der Waals surface area contributed by atoms with Gasteiger partial charge in [-0.25, -0.2) is 4.79 Å². The number of hydrogen-bond acceptors (Lipinski definition) is 4. The first-order valence-corrected chi connectivity index (χ1v) is 6.48. The van der Waals surface area contributed by atoms with Crippen molar-refractivity contribution in [2.24, 2.45) is 0 Å². The van der Waals surface area contributed by atoms with E-state index >= 15 is 0 Å². The average molecular weight is 248 g/mol. The molecule has 1 aliphatic heterocycles. The maximum Gasteiger partial charge on any atom is 0.339 e. The van der Waals surface area contributed by atoms with Crippen molar-refractivity contribution in [3.8, 4) is 0 Å². The van der Waals surface area contributed by atoms with E-state index in [0.717, 1.165) is 18.8 Å². The quantitative estimate of drug-likeness (QED) is 0.769. The molecule has 4 heteroatoms. The maximum absolute atomic E-state index is 11.7. The zero-order valence-electron chi connectivity index (χ0n) is 11.1. The van der Waals surface area contributed by atoms with E-state index in [9.17, 15) is 4.79 Å². The van der Waals surface area contributed by atoms with E-state index in [-0.39, 0.29) is 5.97 Å². The largest absolute Gasteiger partial charge is 0.465 e. The zero-order chi connectivity index (χ0) is 13.0. The van der Waals surface area contributed by atoms with Crippen molar-refractivity contribution in [2.75, 3.05) is 13.7 Å². The number of ether oxygens (including phenoxy) is 1. The summed E-state index contributed by atoms with van der Waals surface area (Å²) in [6, 6.07) is 4.12. The van der Waals surface area contributed by atoms with Crippen LogP contribution >= 0.6 is 0 Å². The lowest BCUT2D eigenvalue weighted by molar-refractivity contribution is 0.0595. The molecule has 1 fully saturated rings. The van der Waals surface area contributed by atoms with Gasteiger partial charge >= 0.3 is 5.97 Å². The predicted molar refractivity (Wildman–Crippen MR) is 69.3 cm³/mol. The van der Waals surface area contributed by atoms with Gasteiger partial charge in [-0.15, -0.1) is 0 Å². The Balaban J connectivity index is 2.15. The van der Waals surface area contributed by atoms with Crippen molar-refractivity contribution in [3.05, 3.63) is 29.6 Å². The summed E-state index contributed by atoms with van der Waals surface area (Å²) in [7, 11) is 1.41. The molecule has 0 spiro atoms. The number of hydrogen-bond donors (Lipinski definition) is 0. The van der Waals surface area contributed by atoms with Crippen LogP contribution in [-0.2, 0) is 11.3 Å². The minimum absolute atomic E-state index is 0.303. The zero-order valence-corrected chi connectivity index (χ0v) is 11.1. The van der Waals surface area contributed by atoms with Gasteiger partial charge in [-0.1, -0.05) is 6.42 Å². The summed E-state index contributed by atoms with van der Waals surface area (Å²) >= 11 is 0. The van der Waals surface area contributed by atoms with Crippen LogP contribution in [-0.4, -0.2) is 35.5 Å². The molecule has 0 aromatic carbocycles. The first kappa shape index (κ1) is 13.0. The molecule has 0 radical (unpaired) electrons. The summed E-state index contributed by atoms with van der Waals surface area (Å²) < 4.78 is 4.80. The van der Waals surface area contributed by atoms with Crippen LogP contribution in [0, 0.1) is 0 Å². The van der Waals surface area contributed by atoms with Crippen molar-refractivity contribution in [3.63, 3.8) is 0 Å².